The standard InChI is InChI=1S/C29H26F5N5O.2C27H27N5O/c1-5-6-24(19-9-22(30)17(3)23(31)10-19)39-14-20(29(32,33)34)12-21-27(36-37-28(21)39)18-7-8-25(26(11-18)40-4)38-13-16(2)35-15-38;2*1-5-23(20-10-8-18(2)9-11-20)32-14-6-7-22-26(29-30-27(22)32)21-12-13-24(25(15-21)33-4)31-16-19(3)28-17-31/h7-15,24H,5-6H2,1-4H3;2*6-17,23H,5H2,1-4H3/t;2*23-/m.10/s1. The van der Waals surface area contributed by atoms with Gasteiger partial charge in [0, 0.05) is 76.1 Å². The Labute approximate surface area is 611 Å². The van der Waals surface area contributed by atoms with E-state index in [4.69, 9.17) is 14.2 Å². The summed E-state index contributed by atoms with van der Waals surface area (Å²) in [7, 11) is 4.86. The van der Waals surface area contributed by atoms with Crippen LogP contribution < -0.4 is 14.2 Å². The van der Waals surface area contributed by atoms with Gasteiger partial charge in [0.05, 0.1) is 98.1 Å². The molecule has 0 spiro atoms. The Balaban J connectivity index is 0.000000142. The first-order valence-corrected chi connectivity index (χ1v) is 35.0. The summed E-state index contributed by atoms with van der Waals surface area (Å²) in [6.45, 7) is 17.6. The van der Waals surface area contributed by atoms with E-state index in [-0.39, 0.29) is 40.3 Å². The van der Waals surface area contributed by atoms with Crippen molar-refractivity contribution in [3.8, 4) is 102 Å². The van der Waals surface area contributed by atoms with Crippen LogP contribution in [0.5, 0.6) is 17.2 Å². The van der Waals surface area contributed by atoms with Gasteiger partial charge in [-0.15, -0.1) is 30.6 Å². The highest BCUT2D eigenvalue weighted by atomic mass is 19.4. The summed E-state index contributed by atoms with van der Waals surface area (Å²) in [5.41, 5.74) is 16.0. The maximum absolute atomic E-state index is 14.5. The predicted molar refractivity (Wildman–Crippen MR) is 400 cm³/mol. The number of hydrogen-bond donors (Lipinski definition) is 0. The molecule has 0 saturated carbocycles. The molecular weight excluding hydrogens is 1350 g/mol. The third kappa shape index (κ3) is 14.6. The summed E-state index contributed by atoms with van der Waals surface area (Å²) >= 11 is 0. The molecule has 0 amide bonds. The molecule has 3 aromatic heterocycles. The van der Waals surface area contributed by atoms with Crippen LogP contribution in [0.4, 0.5) is 22.0 Å². The Morgan fingerprint density at radius 3 is 1.12 bits per heavy atom. The first-order valence-electron chi connectivity index (χ1n) is 35.0. The van der Waals surface area contributed by atoms with E-state index >= 15 is 0 Å². The van der Waals surface area contributed by atoms with Gasteiger partial charge >= 0.3 is 6.18 Å². The third-order valence-electron chi connectivity index (χ3n) is 19.2. The molecule has 0 fully saturated rings. The van der Waals surface area contributed by atoms with Crippen molar-refractivity contribution in [2.45, 2.75) is 112 Å². The fourth-order valence-electron chi connectivity index (χ4n) is 13.6. The Morgan fingerprint density at radius 1 is 0.406 bits per heavy atom. The number of halogens is 5. The summed E-state index contributed by atoms with van der Waals surface area (Å²) in [5, 5.41) is 26.9. The van der Waals surface area contributed by atoms with Crippen LogP contribution in [-0.4, -0.2) is 94.3 Å². The lowest BCUT2D eigenvalue weighted by Gasteiger charge is -2.25. The van der Waals surface area contributed by atoms with Gasteiger partial charge in [-0.1, -0.05) is 105 Å². The molecule has 6 aliphatic heterocycles. The minimum atomic E-state index is -4.69. The number of hydrogen-bond acceptors (Lipinski definition) is 12. The smallest absolute Gasteiger partial charge is 0.417 e. The summed E-state index contributed by atoms with van der Waals surface area (Å²) in [5.74, 6) is 2.37. The number of rotatable bonds is 19. The highest BCUT2D eigenvalue weighted by Crippen LogP contribution is 2.44. The number of imidazole rings is 3. The molecule has 15 rings (SSSR count). The van der Waals surface area contributed by atoms with E-state index in [0.717, 1.165) is 122 Å². The molecule has 9 heterocycles. The summed E-state index contributed by atoms with van der Waals surface area (Å²) in [6.07, 6.45) is 14.2. The largest absolute Gasteiger partial charge is 0.495 e. The van der Waals surface area contributed by atoms with Crippen molar-refractivity contribution < 1.29 is 36.2 Å². The van der Waals surface area contributed by atoms with E-state index < -0.39 is 29.4 Å². The number of benzene rings is 6. The van der Waals surface area contributed by atoms with Crippen LogP contribution in [0.25, 0.3) is 85.0 Å². The third-order valence-corrected chi connectivity index (χ3v) is 19.2. The van der Waals surface area contributed by atoms with Crippen molar-refractivity contribution in [3.05, 3.63) is 269 Å². The number of fused-ring (bicyclic) bond motifs is 3. The molecule has 0 aliphatic carbocycles. The molecular formula is C83H80F5N15O3. The molecule has 6 aromatic carbocycles. The average molecular weight is 1430 g/mol. The lowest BCUT2D eigenvalue weighted by Crippen LogP contribution is -2.18. The van der Waals surface area contributed by atoms with Gasteiger partial charge in [-0.2, -0.15) is 13.2 Å². The van der Waals surface area contributed by atoms with Gasteiger partial charge in [0.2, 0.25) is 0 Å². The summed E-state index contributed by atoms with van der Waals surface area (Å²) in [4.78, 5) is 12.9. The number of methoxy groups -OCH3 is 3. The molecule has 106 heavy (non-hydrogen) atoms. The van der Waals surface area contributed by atoms with Crippen LogP contribution in [0.2, 0.25) is 0 Å². The molecule has 1 unspecified atom stereocenters. The Morgan fingerprint density at radius 2 is 0.783 bits per heavy atom. The number of pyridine rings is 3. The second-order valence-electron chi connectivity index (χ2n) is 26.3. The molecule has 3 atom stereocenters. The fraction of sp³-hybridized carbons (Fsp3) is 0.241. The van der Waals surface area contributed by atoms with Crippen molar-refractivity contribution in [2.24, 2.45) is 0 Å². The first-order chi connectivity index (χ1) is 51.2. The van der Waals surface area contributed by atoms with Gasteiger partial charge in [-0.25, -0.2) is 23.7 Å². The zero-order valence-corrected chi connectivity index (χ0v) is 60.9. The molecule has 0 radical (unpaired) electrons. The van der Waals surface area contributed by atoms with Gasteiger partial charge in [0.15, 0.2) is 17.5 Å². The maximum atomic E-state index is 14.5. The zero-order chi connectivity index (χ0) is 74.7. The van der Waals surface area contributed by atoms with Crippen molar-refractivity contribution >= 4 is 0 Å². The van der Waals surface area contributed by atoms with Crippen molar-refractivity contribution in [2.75, 3.05) is 21.3 Å². The van der Waals surface area contributed by atoms with Gasteiger partial charge in [-0.3, -0.25) is 0 Å². The van der Waals surface area contributed by atoms with Gasteiger partial charge in [0.25, 0.3) is 0 Å². The number of aromatic nitrogens is 15. The van der Waals surface area contributed by atoms with Crippen LogP contribution in [0, 0.1) is 53.2 Å². The minimum absolute atomic E-state index is 0.150. The van der Waals surface area contributed by atoms with E-state index in [2.05, 4.69) is 180 Å². The van der Waals surface area contributed by atoms with Crippen LogP contribution in [-0.2, 0) is 6.18 Å². The number of ether oxygens (including phenoxy) is 3. The van der Waals surface area contributed by atoms with Crippen molar-refractivity contribution in [3.63, 3.8) is 0 Å². The molecule has 0 N–H and O–H groups in total. The van der Waals surface area contributed by atoms with Gasteiger partial charge < -0.3 is 41.6 Å². The highest BCUT2D eigenvalue weighted by Gasteiger charge is 2.36. The maximum Gasteiger partial charge on any atom is 0.417 e. The van der Waals surface area contributed by atoms with Crippen LogP contribution >= 0.6 is 0 Å². The number of alkyl halides is 3. The molecule has 0 bridgehead atoms. The van der Waals surface area contributed by atoms with Gasteiger partial charge in [0.1, 0.15) is 46.0 Å². The van der Waals surface area contributed by atoms with Crippen LogP contribution in [0.1, 0.15) is 121 Å². The molecule has 6 aliphatic rings. The number of nitrogens with zero attached hydrogens (tertiary/aromatic N) is 15. The Hall–Kier alpha value is -12.1. The average Bonchev–Trinajstić information content (AvgIpc) is 1.55. The lowest BCUT2D eigenvalue weighted by molar-refractivity contribution is -0.138. The molecule has 18 nitrogen and oxygen atoms in total. The van der Waals surface area contributed by atoms with E-state index in [1.165, 1.54) is 40.9 Å². The van der Waals surface area contributed by atoms with Gasteiger partial charge in [-0.05, 0) is 156 Å². The number of aryl methyl sites for hydroxylation is 5. The van der Waals surface area contributed by atoms with E-state index in [1.54, 1.807) is 56.0 Å². The highest BCUT2D eigenvalue weighted by molar-refractivity contribution is 5.83. The topological polar surface area (TPSA) is 173 Å². The monoisotopic (exact) mass is 1430 g/mol. The molecule has 9 aromatic rings. The minimum Gasteiger partial charge on any atom is -0.495 e. The second kappa shape index (κ2) is 30.7. The van der Waals surface area contributed by atoms with E-state index in [0.29, 0.717) is 29.8 Å². The zero-order valence-electron chi connectivity index (χ0n) is 60.9. The normalized spacial score (nSPS) is 12.4. The fourth-order valence-corrected chi connectivity index (χ4v) is 13.6. The first kappa shape index (κ1) is 72.2. The Kier molecular flexibility index (Phi) is 20.9. The van der Waals surface area contributed by atoms with Crippen molar-refractivity contribution in [1.29, 1.82) is 0 Å². The predicted octanol–water partition coefficient (Wildman–Crippen LogP) is 19.3. The summed E-state index contributed by atoms with van der Waals surface area (Å²) in [6, 6.07) is 46.1. The quantitative estimate of drug-likeness (QED) is 0.0702. The Bertz CT molecular complexity index is 5220. The molecule has 23 heteroatoms. The second-order valence-corrected chi connectivity index (χ2v) is 26.3. The van der Waals surface area contributed by atoms with Crippen molar-refractivity contribution in [1.82, 2.24) is 72.9 Å². The summed E-state index contributed by atoms with van der Waals surface area (Å²) < 4.78 is 99.9. The van der Waals surface area contributed by atoms with Crippen LogP contribution in [0.3, 0.4) is 0 Å². The molecule has 540 valence electrons. The van der Waals surface area contributed by atoms with E-state index in [1.807, 2.05) is 79.7 Å². The molecule has 0 saturated heterocycles. The van der Waals surface area contributed by atoms with E-state index in [9.17, 15) is 22.0 Å². The van der Waals surface area contributed by atoms with Crippen LogP contribution in [0.15, 0.2) is 202 Å². The lowest BCUT2D eigenvalue weighted by atomic mass is 9.97. The SMILES string of the molecule is CCCC(c1cc(F)c(C)c(F)c1)n1cc(C(F)(F)F)cc2c(-c3ccc(-n4cnc(C)c4)c(OC)c3)nnc1-2.CC[C@@H](c1ccc(C)cc1)n1cccc2c(-c3ccc(-n4cnc(C)c4)c(OC)c3)nnc1-2.CC[C@H](c1ccc(C)cc1)n1cccc2c(-c3ccc(-n4cnc(C)c4)c(OC)c3)nnc1-2.